The third-order valence-corrected chi connectivity index (χ3v) is 7.71. The molecule has 1 fully saturated rings. The van der Waals surface area contributed by atoms with E-state index in [9.17, 15) is 18.4 Å². The first-order valence-corrected chi connectivity index (χ1v) is 13.2. The lowest BCUT2D eigenvalue weighted by Gasteiger charge is -2.34. The minimum Gasteiger partial charge on any atom is -0.361 e. The van der Waals surface area contributed by atoms with Crippen molar-refractivity contribution in [1.82, 2.24) is 19.9 Å². The van der Waals surface area contributed by atoms with E-state index in [4.69, 9.17) is 16.1 Å². The Labute approximate surface area is 233 Å². The fourth-order valence-electron chi connectivity index (χ4n) is 5.47. The van der Waals surface area contributed by atoms with Crippen molar-refractivity contribution >= 4 is 45.2 Å². The molecule has 0 atom stereocenters. The smallest absolute Gasteiger partial charge is 0.254 e. The van der Waals surface area contributed by atoms with Crippen molar-refractivity contribution in [1.29, 1.82) is 0 Å². The van der Waals surface area contributed by atoms with Gasteiger partial charge in [0.25, 0.3) is 11.8 Å². The summed E-state index contributed by atoms with van der Waals surface area (Å²) in [5, 5.41) is 8.34. The Morgan fingerprint density at radius 2 is 1.88 bits per heavy atom. The van der Waals surface area contributed by atoms with E-state index in [1.165, 1.54) is 11.0 Å². The van der Waals surface area contributed by atoms with E-state index in [0.29, 0.717) is 55.5 Å². The first-order chi connectivity index (χ1) is 19.2. The summed E-state index contributed by atoms with van der Waals surface area (Å²) in [5.74, 6) is -0.467. The van der Waals surface area contributed by atoms with Gasteiger partial charge in [-0.1, -0.05) is 22.8 Å². The molecule has 7 nitrogen and oxygen atoms in total. The highest BCUT2D eigenvalue weighted by atomic mass is 35.5. The zero-order valence-corrected chi connectivity index (χ0v) is 22.8. The van der Waals surface area contributed by atoms with Crippen LogP contribution in [0.4, 0.5) is 8.78 Å². The van der Waals surface area contributed by atoms with Crippen LogP contribution in [0.25, 0.3) is 32.9 Å². The maximum atomic E-state index is 15.0. The molecule has 2 amide bonds. The summed E-state index contributed by atoms with van der Waals surface area (Å²) < 4.78 is 35.8. The number of fused-ring (bicyclic) bond motifs is 3. The van der Waals surface area contributed by atoms with Crippen molar-refractivity contribution in [3.8, 4) is 11.1 Å². The molecule has 1 N–H and O–H groups in total. The largest absolute Gasteiger partial charge is 0.361 e. The van der Waals surface area contributed by atoms with Gasteiger partial charge in [0.1, 0.15) is 17.7 Å². The van der Waals surface area contributed by atoms with Crippen LogP contribution >= 0.6 is 11.6 Å². The molecule has 0 unspecified atom stereocenters. The van der Waals surface area contributed by atoms with Crippen LogP contribution in [0.15, 0.2) is 53.1 Å². The first kappa shape index (κ1) is 26.0. The molecule has 0 saturated carbocycles. The molecule has 1 aliphatic rings. The van der Waals surface area contributed by atoms with Crippen molar-refractivity contribution in [2.45, 2.75) is 26.6 Å². The van der Waals surface area contributed by atoms with Gasteiger partial charge in [0.15, 0.2) is 0 Å². The predicted molar refractivity (Wildman–Crippen MR) is 149 cm³/mol. The van der Waals surface area contributed by atoms with Gasteiger partial charge in [-0.3, -0.25) is 9.59 Å². The summed E-state index contributed by atoms with van der Waals surface area (Å²) >= 11 is 6.00. The normalized spacial score (nSPS) is 13.7. The molecule has 1 saturated heterocycles. The average molecular weight is 563 g/mol. The molecule has 10 heteroatoms. The molecular weight excluding hydrogens is 538 g/mol. The second-order valence-electron chi connectivity index (χ2n) is 10.1. The predicted octanol–water partition coefficient (Wildman–Crippen LogP) is 6.06. The van der Waals surface area contributed by atoms with E-state index in [1.807, 2.05) is 17.6 Å². The van der Waals surface area contributed by atoms with Gasteiger partial charge in [-0.25, -0.2) is 8.78 Å². The number of alkyl halides is 1. The average Bonchev–Trinajstić information content (AvgIpc) is 3.42. The molecule has 3 heterocycles. The Hall–Kier alpha value is -4.24. The van der Waals surface area contributed by atoms with Crippen molar-refractivity contribution < 1.29 is 22.9 Å². The number of nitrogens with one attached hydrogen (secondary N) is 1. The number of amides is 2. The number of halogens is 3. The van der Waals surface area contributed by atoms with Crippen molar-refractivity contribution in [2.24, 2.45) is 0 Å². The summed E-state index contributed by atoms with van der Waals surface area (Å²) in [6.45, 7) is 3.87. The van der Waals surface area contributed by atoms with Crippen LogP contribution in [-0.2, 0) is 6.54 Å². The van der Waals surface area contributed by atoms with E-state index >= 15 is 0 Å². The van der Waals surface area contributed by atoms with E-state index in [1.54, 1.807) is 50.4 Å². The second-order valence-corrected chi connectivity index (χ2v) is 10.5. The fourth-order valence-corrected chi connectivity index (χ4v) is 5.63. The van der Waals surface area contributed by atoms with Crippen LogP contribution in [0.3, 0.4) is 0 Å². The number of aromatic nitrogens is 2. The lowest BCUT2D eigenvalue weighted by Crippen LogP contribution is -2.51. The molecule has 0 bridgehead atoms. The molecule has 0 aliphatic carbocycles. The lowest BCUT2D eigenvalue weighted by atomic mass is 9.96. The second kappa shape index (κ2) is 9.75. The number of carbonyl (C=O) groups is 2. The van der Waals surface area contributed by atoms with E-state index in [-0.39, 0.29) is 36.5 Å². The summed E-state index contributed by atoms with van der Waals surface area (Å²) in [7, 11) is 1.55. The summed E-state index contributed by atoms with van der Waals surface area (Å²) in [4.78, 5) is 27.8. The molecular formula is C30H25ClF2N4O3. The SMILES string of the molecule is CNC(=O)c1cc(-c2c(C)noc2C)cc2c1c1cc(C(=O)N3CC(F)C3)ccc1n2Cc1ccc(Cl)cc1F. The maximum absolute atomic E-state index is 15.0. The van der Waals surface area contributed by atoms with Gasteiger partial charge in [-0.05, 0) is 61.9 Å². The minimum absolute atomic E-state index is 0.0543. The van der Waals surface area contributed by atoms with E-state index < -0.39 is 12.0 Å². The molecule has 2 aromatic heterocycles. The monoisotopic (exact) mass is 562 g/mol. The Bertz CT molecular complexity index is 1820. The number of hydrogen-bond acceptors (Lipinski definition) is 4. The van der Waals surface area contributed by atoms with Crippen LogP contribution in [-0.4, -0.2) is 52.7 Å². The highest BCUT2D eigenvalue weighted by Gasteiger charge is 2.31. The molecule has 0 radical (unpaired) electrons. The van der Waals surface area contributed by atoms with Gasteiger partial charge >= 0.3 is 0 Å². The van der Waals surface area contributed by atoms with Gasteiger partial charge < -0.3 is 19.3 Å². The zero-order chi connectivity index (χ0) is 28.3. The summed E-state index contributed by atoms with van der Waals surface area (Å²) in [6, 6.07) is 13.4. The molecule has 204 valence electrons. The van der Waals surface area contributed by atoms with Gasteiger partial charge in [-0.15, -0.1) is 0 Å². The van der Waals surface area contributed by atoms with Gasteiger partial charge in [-0.2, -0.15) is 0 Å². The third kappa shape index (κ3) is 4.21. The number of rotatable bonds is 5. The maximum Gasteiger partial charge on any atom is 0.254 e. The highest BCUT2D eigenvalue weighted by molar-refractivity contribution is 6.30. The zero-order valence-electron chi connectivity index (χ0n) is 22.0. The van der Waals surface area contributed by atoms with Crippen molar-refractivity contribution in [3.63, 3.8) is 0 Å². The Balaban J connectivity index is 1.65. The number of benzene rings is 3. The van der Waals surface area contributed by atoms with E-state index in [0.717, 1.165) is 5.56 Å². The number of likely N-dealkylation sites (tertiary alicyclic amines) is 1. The highest BCUT2D eigenvalue weighted by Crippen LogP contribution is 2.38. The third-order valence-electron chi connectivity index (χ3n) is 7.47. The molecule has 5 aromatic rings. The van der Waals surface area contributed by atoms with Crippen molar-refractivity contribution in [2.75, 3.05) is 20.1 Å². The molecule has 1 aliphatic heterocycles. The summed E-state index contributed by atoms with van der Waals surface area (Å²) in [6.07, 6.45) is -1.02. The van der Waals surface area contributed by atoms with Gasteiger partial charge in [0.2, 0.25) is 0 Å². The summed E-state index contributed by atoms with van der Waals surface area (Å²) in [5.41, 5.74) is 4.68. The topological polar surface area (TPSA) is 80.4 Å². The van der Waals surface area contributed by atoms with Crippen LogP contribution in [0.1, 0.15) is 37.7 Å². The Kier molecular flexibility index (Phi) is 6.34. The standard InChI is InChI=1S/C30H25ClF2N4O3/c1-15-27(16(2)40-35-15)19-9-23(29(38)34-3)28-22-8-17(30(39)36-13-21(32)14-36)5-7-25(22)37(26(28)10-19)12-18-4-6-20(31)11-24(18)33/h4-11,21H,12-14H2,1-3H3,(H,34,38). The van der Waals surface area contributed by atoms with Gasteiger partial charge in [0.05, 0.1) is 30.8 Å². The first-order valence-electron chi connectivity index (χ1n) is 12.8. The number of carbonyl (C=O) groups excluding carboxylic acids is 2. The number of nitrogens with zero attached hydrogens (tertiary/aromatic N) is 3. The van der Waals surface area contributed by atoms with Crippen LogP contribution < -0.4 is 5.32 Å². The lowest BCUT2D eigenvalue weighted by molar-refractivity contribution is 0.0400. The number of hydrogen-bond donors (Lipinski definition) is 1. The molecule has 0 spiro atoms. The quantitative estimate of drug-likeness (QED) is 0.282. The number of aryl methyl sites for hydroxylation is 2. The Morgan fingerprint density at radius 1 is 1.10 bits per heavy atom. The Morgan fingerprint density at radius 3 is 2.52 bits per heavy atom. The van der Waals surface area contributed by atoms with Crippen LogP contribution in [0.2, 0.25) is 5.02 Å². The van der Waals surface area contributed by atoms with E-state index in [2.05, 4.69) is 10.5 Å². The molecule has 40 heavy (non-hydrogen) atoms. The molecule has 6 rings (SSSR count). The van der Waals surface area contributed by atoms with Gasteiger partial charge in [0, 0.05) is 50.6 Å². The molecule has 3 aromatic carbocycles. The van der Waals surface area contributed by atoms with Crippen LogP contribution in [0, 0.1) is 19.7 Å². The fraction of sp³-hybridized carbons (Fsp3) is 0.233. The van der Waals surface area contributed by atoms with Crippen molar-refractivity contribution in [3.05, 3.63) is 87.5 Å². The van der Waals surface area contributed by atoms with Crippen LogP contribution in [0.5, 0.6) is 0 Å². The minimum atomic E-state index is -1.02.